The van der Waals surface area contributed by atoms with Gasteiger partial charge in [-0.3, -0.25) is 10.1 Å². The van der Waals surface area contributed by atoms with Gasteiger partial charge in [-0.2, -0.15) is 0 Å². The Balaban J connectivity index is 1.75. The molecular formula is C14H18N6O2. The minimum atomic E-state index is -0.519. The molecule has 0 unspecified atom stereocenters. The summed E-state index contributed by atoms with van der Waals surface area (Å²) in [5, 5.41) is 4.59. The average molecular weight is 302 g/mol. The minimum absolute atomic E-state index is 0.191. The zero-order chi connectivity index (χ0) is 15.5. The molecule has 3 amide bonds. The van der Waals surface area contributed by atoms with Crippen LogP contribution in [0.4, 0.5) is 10.7 Å². The molecule has 0 radical (unpaired) electrons. The Morgan fingerprint density at radius 1 is 1.32 bits per heavy atom. The van der Waals surface area contributed by atoms with Gasteiger partial charge < -0.3 is 16.0 Å². The van der Waals surface area contributed by atoms with Gasteiger partial charge in [-0.1, -0.05) is 0 Å². The lowest BCUT2D eigenvalue weighted by Crippen LogP contribution is -2.37. The van der Waals surface area contributed by atoms with Crippen LogP contribution in [-0.2, 0) is 4.79 Å². The summed E-state index contributed by atoms with van der Waals surface area (Å²) in [6, 6.07) is 1.18. The number of anilines is 1. The maximum absolute atomic E-state index is 11.5. The monoisotopic (exact) mass is 302 g/mol. The first-order valence-corrected chi connectivity index (χ1v) is 7.28. The highest BCUT2D eigenvalue weighted by Crippen LogP contribution is 2.20. The van der Waals surface area contributed by atoms with Crippen molar-refractivity contribution in [1.29, 1.82) is 0 Å². The van der Waals surface area contributed by atoms with Crippen molar-refractivity contribution in [1.82, 2.24) is 20.6 Å². The molecule has 0 aliphatic carbocycles. The number of piperidine rings is 1. The predicted octanol–water partition coefficient (Wildman–Crippen LogP) is -0.168. The molecule has 2 aliphatic rings. The Morgan fingerprint density at radius 3 is 2.73 bits per heavy atom. The van der Waals surface area contributed by atoms with Crippen LogP contribution in [0.2, 0.25) is 0 Å². The summed E-state index contributed by atoms with van der Waals surface area (Å²) in [7, 11) is 0. The van der Waals surface area contributed by atoms with E-state index in [1.165, 1.54) is 6.08 Å². The van der Waals surface area contributed by atoms with Gasteiger partial charge >= 0.3 is 6.03 Å². The van der Waals surface area contributed by atoms with Crippen molar-refractivity contribution < 1.29 is 9.59 Å². The molecule has 8 nitrogen and oxygen atoms in total. The van der Waals surface area contributed by atoms with E-state index in [2.05, 4.69) is 25.5 Å². The van der Waals surface area contributed by atoms with Gasteiger partial charge in [0.2, 0.25) is 5.95 Å². The summed E-state index contributed by atoms with van der Waals surface area (Å²) >= 11 is 0. The van der Waals surface area contributed by atoms with Crippen molar-refractivity contribution in [2.45, 2.75) is 12.8 Å². The van der Waals surface area contributed by atoms with Gasteiger partial charge in [0.1, 0.15) is 5.70 Å². The summed E-state index contributed by atoms with van der Waals surface area (Å²) in [6.07, 6.45) is 5.25. The molecular weight excluding hydrogens is 284 g/mol. The molecule has 3 heterocycles. The molecule has 8 heteroatoms. The molecule has 2 saturated heterocycles. The Kier molecular flexibility index (Phi) is 4.01. The van der Waals surface area contributed by atoms with Crippen LogP contribution in [0.3, 0.4) is 0 Å². The van der Waals surface area contributed by atoms with Gasteiger partial charge in [0.25, 0.3) is 5.91 Å². The summed E-state index contributed by atoms with van der Waals surface area (Å²) < 4.78 is 0. The quantitative estimate of drug-likeness (QED) is 0.528. The molecule has 0 aromatic carbocycles. The van der Waals surface area contributed by atoms with Crippen molar-refractivity contribution in [2.24, 2.45) is 11.7 Å². The molecule has 0 spiro atoms. The number of carbonyl (C=O) groups excluding carboxylic acids is 2. The molecule has 116 valence electrons. The van der Waals surface area contributed by atoms with E-state index in [0.29, 0.717) is 17.6 Å². The van der Waals surface area contributed by atoms with Crippen LogP contribution in [0.15, 0.2) is 18.0 Å². The second-order valence-electron chi connectivity index (χ2n) is 5.41. The number of urea groups is 1. The van der Waals surface area contributed by atoms with Gasteiger partial charge in [0.15, 0.2) is 0 Å². The molecule has 22 heavy (non-hydrogen) atoms. The highest BCUT2D eigenvalue weighted by atomic mass is 16.2. The number of amides is 3. The van der Waals surface area contributed by atoms with Crippen molar-refractivity contribution in [3.05, 3.63) is 23.7 Å². The first kappa shape index (κ1) is 14.5. The van der Waals surface area contributed by atoms with E-state index in [1.54, 1.807) is 12.3 Å². The van der Waals surface area contributed by atoms with Crippen LogP contribution >= 0.6 is 0 Å². The molecule has 4 N–H and O–H groups in total. The van der Waals surface area contributed by atoms with Crippen LogP contribution in [-0.4, -0.2) is 41.5 Å². The van der Waals surface area contributed by atoms with Crippen LogP contribution in [0.25, 0.3) is 6.08 Å². The molecule has 0 saturated carbocycles. The molecule has 2 aliphatic heterocycles. The van der Waals surface area contributed by atoms with Crippen molar-refractivity contribution in [3.8, 4) is 0 Å². The fourth-order valence-electron chi connectivity index (χ4n) is 2.59. The lowest BCUT2D eigenvalue weighted by Gasteiger charge is -2.31. The number of hydrogen-bond acceptors (Lipinski definition) is 6. The molecule has 0 bridgehead atoms. The standard InChI is InChI=1S/C14H18N6O2/c15-8-9-2-5-20(6-3-9)13-16-4-1-10(17-13)7-11-12(21)19-14(22)18-11/h1,4,7,9H,2-3,5-6,8,15H2,(H2,18,19,21,22)/b11-7+. The maximum atomic E-state index is 11.5. The minimum Gasteiger partial charge on any atom is -0.341 e. The number of aromatic nitrogens is 2. The largest absolute Gasteiger partial charge is 0.341 e. The number of carbonyl (C=O) groups is 2. The Morgan fingerprint density at radius 2 is 2.09 bits per heavy atom. The summed E-state index contributed by atoms with van der Waals surface area (Å²) in [6.45, 7) is 2.47. The highest BCUT2D eigenvalue weighted by Gasteiger charge is 2.23. The van der Waals surface area contributed by atoms with Crippen LogP contribution in [0.5, 0.6) is 0 Å². The second kappa shape index (κ2) is 6.10. The topological polar surface area (TPSA) is 113 Å². The number of nitrogens with zero attached hydrogens (tertiary/aromatic N) is 3. The third kappa shape index (κ3) is 3.06. The van der Waals surface area contributed by atoms with Gasteiger partial charge in [-0.25, -0.2) is 14.8 Å². The van der Waals surface area contributed by atoms with Crippen molar-refractivity contribution in [2.75, 3.05) is 24.5 Å². The van der Waals surface area contributed by atoms with Crippen molar-refractivity contribution in [3.63, 3.8) is 0 Å². The molecule has 3 rings (SSSR count). The third-order valence-corrected chi connectivity index (χ3v) is 3.91. The first-order valence-electron chi connectivity index (χ1n) is 7.28. The summed E-state index contributed by atoms with van der Waals surface area (Å²) in [5.74, 6) is 0.752. The Hall–Kier alpha value is -2.48. The van der Waals surface area contributed by atoms with E-state index in [9.17, 15) is 9.59 Å². The van der Waals surface area contributed by atoms with E-state index in [0.717, 1.165) is 32.5 Å². The number of nitrogens with one attached hydrogen (secondary N) is 2. The van der Waals surface area contributed by atoms with E-state index >= 15 is 0 Å². The third-order valence-electron chi connectivity index (χ3n) is 3.91. The van der Waals surface area contributed by atoms with E-state index < -0.39 is 11.9 Å². The lowest BCUT2D eigenvalue weighted by atomic mass is 9.97. The SMILES string of the molecule is NCC1CCN(c2nccc(/C=C3/NC(=O)NC3=O)n2)CC1. The van der Waals surface area contributed by atoms with E-state index in [1.807, 2.05) is 0 Å². The first-order chi connectivity index (χ1) is 10.7. The fraction of sp³-hybridized carbons (Fsp3) is 0.429. The Labute approximate surface area is 127 Å². The molecule has 2 fully saturated rings. The molecule has 1 aromatic rings. The van der Waals surface area contributed by atoms with Gasteiger partial charge in [-0.05, 0) is 37.4 Å². The van der Waals surface area contributed by atoms with Crippen LogP contribution in [0.1, 0.15) is 18.5 Å². The average Bonchev–Trinajstić information content (AvgIpc) is 2.85. The van der Waals surface area contributed by atoms with Crippen molar-refractivity contribution >= 4 is 24.0 Å². The van der Waals surface area contributed by atoms with Gasteiger partial charge in [0.05, 0.1) is 5.69 Å². The zero-order valence-electron chi connectivity index (χ0n) is 12.1. The number of rotatable bonds is 3. The highest BCUT2D eigenvalue weighted by molar-refractivity contribution is 6.13. The number of hydrogen-bond donors (Lipinski definition) is 3. The summed E-state index contributed by atoms with van der Waals surface area (Å²) in [5.41, 5.74) is 6.47. The predicted molar refractivity (Wildman–Crippen MR) is 80.7 cm³/mol. The smallest absolute Gasteiger partial charge is 0.326 e. The second-order valence-corrected chi connectivity index (χ2v) is 5.41. The van der Waals surface area contributed by atoms with Gasteiger partial charge in [0, 0.05) is 19.3 Å². The maximum Gasteiger partial charge on any atom is 0.326 e. The molecule has 0 atom stereocenters. The van der Waals surface area contributed by atoms with E-state index in [-0.39, 0.29) is 5.70 Å². The number of imide groups is 1. The normalized spacial score (nSPS) is 21.1. The van der Waals surface area contributed by atoms with E-state index in [4.69, 9.17) is 5.73 Å². The van der Waals surface area contributed by atoms with Gasteiger partial charge in [-0.15, -0.1) is 0 Å². The Bertz CT molecular complexity index is 622. The zero-order valence-corrected chi connectivity index (χ0v) is 12.1. The number of nitrogens with two attached hydrogens (primary N) is 1. The summed E-state index contributed by atoms with van der Waals surface area (Å²) in [4.78, 5) is 33.5. The van der Waals surface area contributed by atoms with Crippen LogP contribution < -0.4 is 21.3 Å². The lowest BCUT2D eigenvalue weighted by molar-refractivity contribution is -0.115. The van der Waals surface area contributed by atoms with Crippen LogP contribution in [0, 0.1) is 5.92 Å². The fourth-order valence-corrected chi connectivity index (χ4v) is 2.59. The molecule has 1 aromatic heterocycles.